The summed E-state index contributed by atoms with van der Waals surface area (Å²) in [6.45, 7) is 7.29. The van der Waals surface area contributed by atoms with Crippen LogP contribution in [0.25, 0.3) is 0 Å². The van der Waals surface area contributed by atoms with E-state index in [2.05, 4.69) is 30.4 Å². The maximum atomic E-state index is 11.1. The highest BCUT2D eigenvalue weighted by Crippen LogP contribution is 2.20. The molecule has 0 aliphatic rings. The van der Waals surface area contributed by atoms with Crippen molar-refractivity contribution < 1.29 is 8.42 Å². The fourth-order valence-electron chi connectivity index (χ4n) is 1.78. The van der Waals surface area contributed by atoms with Crippen LogP contribution in [0.2, 0.25) is 0 Å². The van der Waals surface area contributed by atoms with E-state index in [0.717, 1.165) is 18.5 Å². The Hall–Kier alpha value is -1.23. The summed E-state index contributed by atoms with van der Waals surface area (Å²) >= 11 is 0. The van der Waals surface area contributed by atoms with Gasteiger partial charge in [0.15, 0.2) is 0 Å². The number of sulfonamides is 1. The van der Waals surface area contributed by atoms with Gasteiger partial charge in [0, 0.05) is 24.0 Å². The molecule has 0 unspecified atom stereocenters. The lowest BCUT2D eigenvalue weighted by Crippen LogP contribution is -2.30. The van der Waals surface area contributed by atoms with Crippen LogP contribution >= 0.6 is 0 Å². The highest BCUT2D eigenvalue weighted by Gasteiger charge is 2.08. The number of nitrogens with one attached hydrogen (secondary N) is 1. The molecule has 0 spiro atoms. The van der Waals surface area contributed by atoms with Gasteiger partial charge in [-0.05, 0) is 45.0 Å². The predicted octanol–water partition coefficient (Wildman–Crippen LogP) is 2.29. The summed E-state index contributed by atoms with van der Waals surface area (Å²) in [5.74, 6) is 0. The van der Waals surface area contributed by atoms with Crippen LogP contribution < -0.4 is 9.62 Å². The zero-order valence-electron chi connectivity index (χ0n) is 10.8. The molecule has 1 aromatic rings. The van der Waals surface area contributed by atoms with Crippen LogP contribution in [0.1, 0.15) is 20.8 Å². The fourth-order valence-corrected chi connectivity index (χ4v) is 2.35. The lowest BCUT2D eigenvalue weighted by molar-refractivity contribution is 0.607. The van der Waals surface area contributed by atoms with E-state index in [4.69, 9.17) is 0 Å². The van der Waals surface area contributed by atoms with Crippen LogP contribution in [0.5, 0.6) is 0 Å². The first-order chi connectivity index (χ1) is 7.83. The molecule has 0 amide bonds. The van der Waals surface area contributed by atoms with Crippen molar-refractivity contribution in [2.24, 2.45) is 0 Å². The van der Waals surface area contributed by atoms with Crippen molar-refractivity contribution >= 4 is 21.4 Å². The van der Waals surface area contributed by atoms with Crippen molar-refractivity contribution in [2.45, 2.75) is 26.8 Å². The lowest BCUT2D eigenvalue weighted by Gasteiger charge is -2.27. The second kappa shape index (κ2) is 5.40. The third-order valence-corrected chi connectivity index (χ3v) is 3.07. The molecule has 0 bridgehead atoms. The summed E-state index contributed by atoms with van der Waals surface area (Å²) in [5.41, 5.74) is 1.69. The summed E-state index contributed by atoms with van der Waals surface area (Å²) < 4.78 is 24.6. The smallest absolute Gasteiger partial charge is 0.229 e. The van der Waals surface area contributed by atoms with Gasteiger partial charge < -0.3 is 4.90 Å². The van der Waals surface area contributed by atoms with Gasteiger partial charge in [-0.25, -0.2) is 8.42 Å². The Morgan fingerprint density at radius 3 is 2.12 bits per heavy atom. The number of rotatable bonds is 5. The molecule has 17 heavy (non-hydrogen) atoms. The molecule has 5 heteroatoms. The Morgan fingerprint density at radius 1 is 1.24 bits per heavy atom. The Kier molecular flexibility index (Phi) is 4.40. The van der Waals surface area contributed by atoms with E-state index >= 15 is 0 Å². The average molecular weight is 256 g/mol. The van der Waals surface area contributed by atoms with Crippen LogP contribution in [0.15, 0.2) is 24.3 Å². The van der Waals surface area contributed by atoms with Gasteiger partial charge in [-0.15, -0.1) is 0 Å². The molecule has 0 heterocycles. The van der Waals surface area contributed by atoms with E-state index < -0.39 is 10.0 Å². The number of hydrogen-bond acceptors (Lipinski definition) is 3. The van der Waals surface area contributed by atoms with Crippen LogP contribution in [0.3, 0.4) is 0 Å². The minimum Gasteiger partial charge on any atom is -0.369 e. The molecule has 4 nitrogen and oxygen atoms in total. The van der Waals surface area contributed by atoms with E-state index in [1.165, 1.54) is 0 Å². The highest BCUT2D eigenvalue weighted by molar-refractivity contribution is 7.92. The number of nitrogens with zero attached hydrogens (tertiary/aromatic N) is 1. The largest absolute Gasteiger partial charge is 0.369 e. The van der Waals surface area contributed by atoms with E-state index in [9.17, 15) is 8.42 Å². The Balaban J connectivity index is 2.87. The van der Waals surface area contributed by atoms with Gasteiger partial charge in [-0.3, -0.25) is 4.72 Å². The maximum Gasteiger partial charge on any atom is 0.229 e. The fraction of sp³-hybridized carbons (Fsp3) is 0.500. The molecule has 0 atom stereocenters. The standard InChI is InChI=1S/C12H20N2O2S/c1-5-14(10(2)3)12-8-6-11(7-9-12)13-17(4,15)16/h6-10,13H,5H2,1-4H3. The van der Waals surface area contributed by atoms with Crippen molar-refractivity contribution in [1.82, 2.24) is 0 Å². The molecule has 0 saturated carbocycles. The molecule has 96 valence electrons. The first-order valence-electron chi connectivity index (χ1n) is 5.68. The number of benzene rings is 1. The molecule has 0 aliphatic heterocycles. The zero-order valence-corrected chi connectivity index (χ0v) is 11.6. The quantitative estimate of drug-likeness (QED) is 0.879. The molecule has 1 aromatic carbocycles. The Bertz CT molecular complexity index is 452. The summed E-state index contributed by atoms with van der Waals surface area (Å²) in [6.07, 6.45) is 1.15. The Labute approximate surface area is 104 Å². The van der Waals surface area contributed by atoms with Crippen LogP contribution in [0.4, 0.5) is 11.4 Å². The monoisotopic (exact) mass is 256 g/mol. The van der Waals surface area contributed by atoms with Gasteiger partial charge in [0.05, 0.1) is 6.26 Å². The van der Waals surface area contributed by atoms with Crippen molar-refractivity contribution in [1.29, 1.82) is 0 Å². The molecule has 0 aromatic heterocycles. The van der Waals surface area contributed by atoms with Gasteiger partial charge in [-0.1, -0.05) is 0 Å². The van der Waals surface area contributed by atoms with Crippen LogP contribution in [-0.2, 0) is 10.0 Å². The van der Waals surface area contributed by atoms with E-state index in [1.54, 1.807) is 12.1 Å². The number of anilines is 2. The Morgan fingerprint density at radius 2 is 1.76 bits per heavy atom. The van der Waals surface area contributed by atoms with Gasteiger partial charge in [0.1, 0.15) is 0 Å². The third kappa shape index (κ3) is 4.26. The minimum absolute atomic E-state index is 0.425. The molecule has 0 radical (unpaired) electrons. The van der Waals surface area contributed by atoms with Gasteiger partial charge >= 0.3 is 0 Å². The van der Waals surface area contributed by atoms with Crippen molar-refractivity contribution in [2.75, 3.05) is 22.4 Å². The van der Waals surface area contributed by atoms with Gasteiger partial charge in [0.25, 0.3) is 0 Å². The van der Waals surface area contributed by atoms with Gasteiger partial charge in [-0.2, -0.15) is 0 Å². The molecule has 1 rings (SSSR count). The molecular formula is C12H20N2O2S. The molecular weight excluding hydrogens is 236 g/mol. The summed E-state index contributed by atoms with van der Waals surface area (Å²) in [4.78, 5) is 2.24. The third-order valence-electron chi connectivity index (χ3n) is 2.47. The second-order valence-corrected chi connectivity index (χ2v) is 6.05. The first kappa shape index (κ1) is 13.8. The van der Waals surface area contributed by atoms with Crippen LogP contribution in [0, 0.1) is 0 Å². The van der Waals surface area contributed by atoms with Crippen LogP contribution in [-0.4, -0.2) is 27.3 Å². The van der Waals surface area contributed by atoms with E-state index in [-0.39, 0.29) is 0 Å². The van der Waals surface area contributed by atoms with Crippen molar-refractivity contribution in [3.63, 3.8) is 0 Å². The lowest BCUT2D eigenvalue weighted by atomic mass is 10.2. The summed E-state index contributed by atoms with van der Waals surface area (Å²) in [6, 6.07) is 7.84. The number of hydrogen-bond donors (Lipinski definition) is 1. The maximum absolute atomic E-state index is 11.1. The summed E-state index contributed by atoms with van der Waals surface area (Å²) in [7, 11) is -3.20. The SMILES string of the molecule is CCN(c1ccc(NS(C)(=O)=O)cc1)C(C)C. The first-order valence-corrected chi connectivity index (χ1v) is 7.57. The van der Waals surface area contributed by atoms with Crippen molar-refractivity contribution in [3.05, 3.63) is 24.3 Å². The van der Waals surface area contributed by atoms with E-state index in [0.29, 0.717) is 11.7 Å². The van der Waals surface area contributed by atoms with Crippen molar-refractivity contribution in [3.8, 4) is 0 Å². The molecule has 1 N–H and O–H groups in total. The van der Waals surface area contributed by atoms with Gasteiger partial charge in [0.2, 0.25) is 10.0 Å². The minimum atomic E-state index is -3.20. The second-order valence-electron chi connectivity index (χ2n) is 4.30. The predicted molar refractivity (Wildman–Crippen MR) is 73.1 cm³/mol. The highest BCUT2D eigenvalue weighted by atomic mass is 32.2. The zero-order chi connectivity index (χ0) is 13.1. The molecule has 0 saturated heterocycles. The normalized spacial score (nSPS) is 11.6. The average Bonchev–Trinajstić information content (AvgIpc) is 2.18. The topological polar surface area (TPSA) is 49.4 Å². The molecule has 0 aliphatic carbocycles. The van der Waals surface area contributed by atoms with E-state index in [1.807, 2.05) is 12.1 Å². The summed E-state index contributed by atoms with van der Waals surface area (Å²) in [5, 5.41) is 0. The molecule has 0 fully saturated rings.